The van der Waals surface area contributed by atoms with E-state index in [1.807, 2.05) is 0 Å². The first-order chi connectivity index (χ1) is 9.56. The molecule has 3 heteroatoms. The number of rotatable bonds is 4. The molecule has 0 saturated heterocycles. The van der Waals surface area contributed by atoms with Gasteiger partial charge in [-0.15, -0.1) is 0 Å². The van der Waals surface area contributed by atoms with Crippen LogP contribution in [0.3, 0.4) is 0 Å². The highest BCUT2D eigenvalue weighted by atomic mass is 16.5. The highest BCUT2D eigenvalue weighted by molar-refractivity contribution is 5.88. The number of hydrogen-bond acceptors (Lipinski definition) is 3. The third-order valence-electron chi connectivity index (χ3n) is 6.39. The number of carbonyl (C=O) groups excluding carboxylic acids is 2. The second-order valence-corrected chi connectivity index (χ2v) is 8.05. The Morgan fingerprint density at radius 1 is 1.00 bits per heavy atom. The summed E-state index contributed by atoms with van der Waals surface area (Å²) in [7, 11) is 0. The molecule has 0 aromatic rings. The van der Waals surface area contributed by atoms with E-state index in [-0.39, 0.29) is 29.7 Å². The Morgan fingerprint density at radius 2 is 1.50 bits per heavy atom. The number of hydrogen-bond donors (Lipinski definition) is 0. The van der Waals surface area contributed by atoms with E-state index in [1.165, 1.54) is 19.3 Å². The Balaban J connectivity index is 1.39. The molecule has 0 radical (unpaired) electrons. The van der Waals surface area contributed by atoms with Crippen molar-refractivity contribution in [3.63, 3.8) is 0 Å². The van der Waals surface area contributed by atoms with Gasteiger partial charge < -0.3 is 4.74 Å². The van der Waals surface area contributed by atoms with Crippen LogP contribution in [0.1, 0.15) is 51.9 Å². The van der Waals surface area contributed by atoms with Gasteiger partial charge in [0.05, 0.1) is 5.92 Å². The van der Waals surface area contributed by atoms with Crippen LogP contribution in [0.2, 0.25) is 0 Å². The molecule has 110 valence electrons. The zero-order valence-corrected chi connectivity index (χ0v) is 12.3. The van der Waals surface area contributed by atoms with Gasteiger partial charge in [-0.05, 0) is 68.6 Å². The number of Topliss-reactive ketones (excluding diaryl/α,β-unsaturated/α-hetero) is 1. The van der Waals surface area contributed by atoms with Crippen molar-refractivity contribution in [3.8, 4) is 0 Å². The van der Waals surface area contributed by atoms with E-state index in [4.69, 9.17) is 4.74 Å². The molecule has 4 bridgehead atoms. The predicted molar refractivity (Wildman–Crippen MR) is 73.8 cm³/mol. The molecule has 0 aliphatic heterocycles. The van der Waals surface area contributed by atoms with Gasteiger partial charge >= 0.3 is 5.97 Å². The molecule has 0 amide bonds. The molecule has 2 unspecified atom stereocenters. The lowest BCUT2D eigenvalue weighted by atomic mass is 9.48. The van der Waals surface area contributed by atoms with E-state index in [1.54, 1.807) is 0 Å². The average molecular weight is 276 g/mol. The van der Waals surface area contributed by atoms with Gasteiger partial charge in [0, 0.05) is 5.41 Å². The summed E-state index contributed by atoms with van der Waals surface area (Å²) < 4.78 is 5.30. The fourth-order valence-corrected chi connectivity index (χ4v) is 5.50. The van der Waals surface area contributed by atoms with Crippen LogP contribution in [-0.4, -0.2) is 18.4 Å². The number of ketones is 1. The Labute approximate surface area is 120 Å². The average Bonchev–Trinajstić information content (AvgIpc) is 3.11. The number of ether oxygens (including phenoxy) is 1. The fourth-order valence-electron chi connectivity index (χ4n) is 5.50. The van der Waals surface area contributed by atoms with Crippen LogP contribution in [0.5, 0.6) is 0 Å². The highest BCUT2D eigenvalue weighted by Gasteiger charge is 2.54. The first kappa shape index (κ1) is 12.8. The highest BCUT2D eigenvalue weighted by Crippen LogP contribution is 2.60. The van der Waals surface area contributed by atoms with Crippen LogP contribution >= 0.6 is 0 Å². The van der Waals surface area contributed by atoms with Crippen LogP contribution in [0.15, 0.2) is 0 Å². The van der Waals surface area contributed by atoms with Gasteiger partial charge in [0.1, 0.15) is 0 Å². The smallest absolute Gasteiger partial charge is 0.309 e. The van der Waals surface area contributed by atoms with Crippen molar-refractivity contribution in [2.75, 3.05) is 6.61 Å². The zero-order chi connectivity index (χ0) is 13.9. The maximum absolute atomic E-state index is 12.6. The largest absolute Gasteiger partial charge is 0.457 e. The van der Waals surface area contributed by atoms with Crippen molar-refractivity contribution in [1.82, 2.24) is 0 Å². The maximum atomic E-state index is 12.6. The SMILES string of the molecule is CC1CC1C(=O)OCC(=O)C12CC3CC(CC(C3)C1)C2. The van der Waals surface area contributed by atoms with Crippen molar-refractivity contribution in [2.45, 2.75) is 51.9 Å². The minimum Gasteiger partial charge on any atom is -0.457 e. The van der Waals surface area contributed by atoms with Crippen LogP contribution in [-0.2, 0) is 14.3 Å². The fraction of sp³-hybridized carbons (Fsp3) is 0.882. The van der Waals surface area contributed by atoms with E-state index in [0.29, 0.717) is 5.92 Å². The van der Waals surface area contributed by atoms with Gasteiger partial charge in [0.15, 0.2) is 12.4 Å². The minimum absolute atomic E-state index is 0.0359. The third kappa shape index (κ3) is 2.01. The molecule has 3 nitrogen and oxygen atoms in total. The van der Waals surface area contributed by atoms with Gasteiger partial charge in [0.2, 0.25) is 0 Å². The quantitative estimate of drug-likeness (QED) is 0.741. The molecule has 5 aliphatic rings. The van der Waals surface area contributed by atoms with E-state index in [2.05, 4.69) is 6.92 Å². The molecule has 0 heterocycles. The first-order valence-electron chi connectivity index (χ1n) is 8.26. The Hall–Kier alpha value is -0.860. The summed E-state index contributed by atoms with van der Waals surface area (Å²) >= 11 is 0. The minimum atomic E-state index is -0.143. The van der Waals surface area contributed by atoms with E-state index in [0.717, 1.165) is 43.4 Å². The molecule has 5 fully saturated rings. The molecular formula is C17H24O3. The number of carbonyl (C=O) groups is 2. The zero-order valence-electron chi connectivity index (χ0n) is 12.3. The lowest BCUT2D eigenvalue weighted by Crippen LogP contribution is -2.51. The van der Waals surface area contributed by atoms with Crippen molar-refractivity contribution >= 4 is 11.8 Å². The van der Waals surface area contributed by atoms with E-state index < -0.39 is 0 Å². The summed E-state index contributed by atoms with van der Waals surface area (Å²) in [6.07, 6.45) is 8.15. The van der Waals surface area contributed by atoms with Gasteiger partial charge in [-0.25, -0.2) is 0 Å². The summed E-state index contributed by atoms with van der Waals surface area (Å²) in [4.78, 5) is 24.4. The first-order valence-corrected chi connectivity index (χ1v) is 8.26. The van der Waals surface area contributed by atoms with Crippen molar-refractivity contribution in [1.29, 1.82) is 0 Å². The molecular weight excluding hydrogens is 252 g/mol. The van der Waals surface area contributed by atoms with Crippen LogP contribution in [0.25, 0.3) is 0 Å². The topological polar surface area (TPSA) is 43.4 Å². The van der Waals surface area contributed by atoms with Gasteiger partial charge in [-0.3, -0.25) is 9.59 Å². The monoisotopic (exact) mass is 276 g/mol. The number of esters is 1. The summed E-state index contributed by atoms with van der Waals surface area (Å²) in [5.74, 6) is 2.91. The maximum Gasteiger partial charge on any atom is 0.309 e. The molecule has 2 atom stereocenters. The summed E-state index contributed by atoms with van der Waals surface area (Å²) in [6.45, 7) is 2.10. The van der Waals surface area contributed by atoms with Crippen LogP contribution in [0, 0.1) is 35.0 Å². The standard InChI is InChI=1S/C17H24O3/c1-10-2-14(10)16(19)20-9-15(18)17-6-11-3-12(7-17)5-13(4-11)8-17/h10-14H,2-9H2,1H3. The summed E-state index contributed by atoms with van der Waals surface area (Å²) in [5.41, 5.74) is -0.121. The Kier molecular flexibility index (Phi) is 2.77. The van der Waals surface area contributed by atoms with Gasteiger partial charge in [-0.2, -0.15) is 0 Å². The Morgan fingerprint density at radius 3 is 1.95 bits per heavy atom. The molecule has 5 rings (SSSR count). The summed E-state index contributed by atoms with van der Waals surface area (Å²) in [5, 5.41) is 0. The molecule has 5 aliphatic carbocycles. The molecule has 5 saturated carbocycles. The second kappa shape index (κ2) is 4.32. The Bertz CT molecular complexity index is 418. The van der Waals surface area contributed by atoms with Crippen molar-refractivity contribution in [2.24, 2.45) is 35.0 Å². The summed E-state index contributed by atoms with van der Waals surface area (Å²) in [6, 6.07) is 0. The molecule has 0 spiro atoms. The van der Waals surface area contributed by atoms with Gasteiger partial charge in [-0.1, -0.05) is 6.92 Å². The molecule has 20 heavy (non-hydrogen) atoms. The van der Waals surface area contributed by atoms with Crippen molar-refractivity contribution in [3.05, 3.63) is 0 Å². The second-order valence-electron chi connectivity index (χ2n) is 8.05. The molecule has 0 N–H and O–H groups in total. The normalized spacial score (nSPS) is 48.1. The molecule has 0 aromatic heterocycles. The third-order valence-corrected chi connectivity index (χ3v) is 6.39. The van der Waals surface area contributed by atoms with Crippen LogP contribution in [0.4, 0.5) is 0 Å². The van der Waals surface area contributed by atoms with E-state index in [9.17, 15) is 9.59 Å². The van der Waals surface area contributed by atoms with Gasteiger partial charge in [0.25, 0.3) is 0 Å². The lowest BCUT2D eigenvalue weighted by Gasteiger charge is -2.55. The predicted octanol–water partition coefficient (Wildman–Crippen LogP) is 2.97. The van der Waals surface area contributed by atoms with E-state index >= 15 is 0 Å². The lowest BCUT2D eigenvalue weighted by molar-refractivity contribution is -0.158. The van der Waals surface area contributed by atoms with Crippen LogP contribution < -0.4 is 0 Å². The molecule has 0 aromatic carbocycles. The van der Waals surface area contributed by atoms with Crippen molar-refractivity contribution < 1.29 is 14.3 Å².